The van der Waals surface area contributed by atoms with Gasteiger partial charge in [-0.3, -0.25) is 0 Å². The molecule has 0 aliphatic heterocycles. The van der Waals surface area contributed by atoms with E-state index in [1.807, 2.05) is 20.8 Å². The van der Waals surface area contributed by atoms with E-state index < -0.39 is 18.0 Å². The van der Waals surface area contributed by atoms with Gasteiger partial charge in [0.1, 0.15) is 0 Å². The Bertz CT molecular complexity index is 282. The predicted molar refractivity (Wildman–Crippen MR) is 70.5 cm³/mol. The third-order valence-corrected chi connectivity index (χ3v) is 2.81. The summed E-state index contributed by atoms with van der Waals surface area (Å²) in [5.41, 5.74) is 0. The average molecular weight is 273 g/mol. The minimum absolute atomic E-state index is 0.167. The Labute approximate surface area is 114 Å². The maximum absolute atomic E-state index is 11.5. The van der Waals surface area contributed by atoms with Crippen molar-refractivity contribution in [3.63, 3.8) is 0 Å². The summed E-state index contributed by atoms with van der Waals surface area (Å²) in [5, 5.41) is 15.9. The van der Waals surface area contributed by atoms with Crippen LogP contribution in [0.25, 0.3) is 0 Å². The molecule has 0 heterocycles. The van der Waals surface area contributed by atoms with Crippen molar-refractivity contribution >= 4 is 12.0 Å². The van der Waals surface area contributed by atoms with Crippen LogP contribution in [0.4, 0.5) is 4.79 Å². The molecule has 0 aromatic carbocycles. The van der Waals surface area contributed by atoms with E-state index in [1.54, 1.807) is 6.92 Å². The van der Waals surface area contributed by atoms with Crippen LogP contribution in [0.1, 0.15) is 40.5 Å². The molecule has 19 heavy (non-hydrogen) atoms. The number of rotatable bonds is 9. The first-order valence-corrected chi connectivity index (χ1v) is 6.75. The summed E-state index contributed by atoms with van der Waals surface area (Å²) in [7, 11) is 0. The van der Waals surface area contributed by atoms with Gasteiger partial charge < -0.3 is 25.3 Å². The molecule has 0 rings (SSSR count). The zero-order chi connectivity index (χ0) is 14.8. The van der Waals surface area contributed by atoms with E-state index in [-0.39, 0.29) is 12.0 Å². The minimum Gasteiger partial charge on any atom is -0.548 e. The van der Waals surface area contributed by atoms with Gasteiger partial charge in [0, 0.05) is 13.2 Å². The summed E-state index contributed by atoms with van der Waals surface area (Å²) in [4.78, 5) is 22.4. The number of hydrogen-bond donors (Lipinski definition) is 2. The van der Waals surface area contributed by atoms with Gasteiger partial charge in [-0.2, -0.15) is 0 Å². The van der Waals surface area contributed by atoms with Gasteiger partial charge in [0.05, 0.1) is 18.1 Å². The largest absolute Gasteiger partial charge is 0.548 e. The molecule has 0 aliphatic carbocycles. The van der Waals surface area contributed by atoms with Crippen LogP contribution in [0.2, 0.25) is 0 Å². The third-order valence-electron chi connectivity index (χ3n) is 2.81. The lowest BCUT2D eigenvalue weighted by Gasteiger charge is -2.25. The molecule has 0 radical (unpaired) electrons. The van der Waals surface area contributed by atoms with E-state index in [0.717, 1.165) is 0 Å². The zero-order valence-electron chi connectivity index (χ0n) is 12.2. The predicted octanol–water partition coefficient (Wildman–Crippen LogP) is 0.265. The van der Waals surface area contributed by atoms with Crippen molar-refractivity contribution in [3.8, 4) is 0 Å². The molecule has 0 aliphatic rings. The highest BCUT2D eigenvalue weighted by Crippen LogP contribution is 2.06. The van der Waals surface area contributed by atoms with Crippen LogP contribution in [0.5, 0.6) is 0 Å². The van der Waals surface area contributed by atoms with E-state index in [9.17, 15) is 14.7 Å². The Morgan fingerprint density at radius 3 is 2.37 bits per heavy atom. The molecular formula is C13H25N2O4-. The van der Waals surface area contributed by atoms with Crippen LogP contribution >= 0.6 is 0 Å². The molecule has 0 aromatic heterocycles. The second-order valence-corrected chi connectivity index (χ2v) is 4.86. The van der Waals surface area contributed by atoms with Crippen molar-refractivity contribution in [2.45, 2.75) is 52.7 Å². The molecule has 0 unspecified atom stereocenters. The van der Waals surface area contributed by atoms with Crippen LogP contribution in [-0.4, -0.2) is 37.3 Å². The molecule has 0 spiro atoms. The SMILES string of the molecule is CC[C@@H](C)[C@H](NC(=O)NCCCOC(C)C)C(=O)[O-]. The molecular weight excluding hydrogens is 248 g/mol. The van der Waals surface area contributed by atoms with E-state index in [0.29, 0.717) is 26.0 Å². The van der Waals surface area contributed by atoms with Gasteiger partial charge in [-0.05, 0) is 26.2 Å². The van der Waals surface area contributed by atoms with Gasteiger partial charge in [0.2, 0.25) is 0 Å². The van der Waals surface area contributed by atoms with E-state index in [1.165, 1.54) is 0 Å². The van der Waals surface area contributed by atoms with Crippen molar-refractivity contribution in [1.82, 2.24) is 10.6 Å². The highest BCUT2D eigenvalue weighted by atomic mass is 16.5. The first kappa shape index (κ1) is 17.7. The maximum Gasteiger partial charge on any atom is 0.315 e. The number of urea groups is 1. The topological polar surface area (TPSA) is 90.5 Å². The number of ether oxygens (including phenoxy) is 1. The van der Waals surface area contributed by atoms with E-state index in [2.05, 4.69) is 10.6 Å². The number of hydrogen-bond acceptors (Lipinski definition) is 4. The van der Waals surface area contributed by atoms with Crippen molar-refractivity contribution < 1.29 is 19.4 Å². The van der Waals surface area contributed by atoms with Gasteiger partial charge >= 0.3 is 6.03 Å². The minimum atomic E-state index is -1.26. The Hall–Kier alpha value is -1.30. The Kier molecular flexibility index (Phi) is 8.95. The highest BCUT2D eigenvalue weighted by molar-refractivity contribution is 5.81. The quantitative estimate of drug-likeness (QED) is 0.590. The summed E-state index contributed by atoms with van der Waals surface area (Å²) >= 11 is 0. The van der Waals surface area contributed by atoms with Gasteiger partial charge in [-0.15, -0.1) is 0 Å². The van der Waals surface area contributed by atoms with Gasteiger partial charge in [0.25, 0.3) is 0 Å². The number of carboxylic acid groups (broad SMARTS) is 1. The summed E-state index contributed by atoms with van der Waals surface area (Å²) in [6, 6.07) is -1.45. The highest BCUT2D eigenvalue weighted by Gasteiger charge is 2.18. The molecule has 6 heteroatoms. The van der Waals surface area contributed by atoms with Crippen molar-refractivity contribution in [1.29, 1.82) is 0 Å². The van der Waals surface area contributed by atoms with Crippen LogP contribution in [0.3, 0.4) is 0 Å². The molecule has 0 bridgehead atoms. The summed E-state index contributed by atoms with van der Waals surface area (Å²) in [6.07, 6.45) is 1.51. The van der Waals surface area contributed by atoms with Gasteiger partial charge in [-0.1, -0.05) is 20.3 Å². The molecule has 112 valence electrons. The lowest BCUT2D eigenvalue weighted by atomic mass is 9.99. The Balaban J connectivity index is 3.91. The lowest BCUT2D eigenvalue weighted by molar-refractivity contribution is -0.309. The monoisotopic (exact) mass is 273 g/mol. The first-order valence-electron chi connectivity index (χ1n) is 6.75. The van der Waals surface area contributed by atoms with E-state index >= 15 is 0 Å². The van der Waals surface area contributed by atoms with Crippen LogP contribution in [0.15, 0.2) is 0 Å². The van der Waals surface area contributed by atoms with Crippen LogP contribution in [-0.2, 0) is 9.53 Å². The molecule has 2 amide bonds. The summed E-state index contributed by atoms with van der Waals surface area (Å²) in [6.45, 7) is 8.51. The number of aliphatic carboxylic acids is 1. The standard InChI is InChI=1S/C13H26N2O4/c1-5-10(4)11(12(16)17)15-13(18)14-7-6-8-19-9(2)3/h9-11H,5-8H2,1-4H3,(H,16,17)(H2,14,15,18)/p-1/t10-,11+/m1/s1. The number of carbonyl (C=O) groups excluding carboxylic acids is 2. The zero-order valence-corrected chi connectivity index (χ0v) is 12.2. The maximum atomic E-state index is 11.5. The van der Waals surface area contributed by atoms with Gasteiger partial charge in [0.15, 0.2) is 0 Å². The average Bonchev–Trinajstić information content (AvgIpc) is 2.33. The first-order chi connectivity index (χ1) is 8.88. The Morgan fingerprint density at radius 2 is 1.89 bits per heavy atom. The molecule has 0 saturated heterocycles. The van der Waals surface area contributed by atoms with Gasteiger partial charge in [-0.25, -0.2) is 4.79 Å². The second-order valence-electron chi connectivity index (χ2n) is 4.86. The number of carbonyl (C=O) groups is 2. The number of nitrogens with one attached hydrogen (secondary N) is 2. The van der Waals surface area contributed by atoms with Crippen LogP contribution in [0, 0.1) is 5.92 Å². The number of carboxylic acids is 1. The molecule has 2 N–H and O–H groups in total. The molecule has 0 fully saturated rings. The number of amides is 2. The Morgan fingerprint density at radius 1 is 1.26 bits per heavy atom. The van der Waals surface area contributed by atoms with Crippen molar-refractivity contribution in [2.24, 2.45) is 5.92 Å². The van der Waals surface area contributed by atoms with Crippen LogP contribution < -0.4 is 15.7 Å². The molecule has 6 nitrogen and oxygen atoms in total. The third kappa shape index (κ3) is 8.42. The normalized spacial score (nSPS) is 13.9. The van der Waals surface area contributed by atoms with Crippen molar-refractivity contribution in [2.75, 3.05) is 13.2 Å². The fraction of sp³-hybridized carbons (Fsp3) is 0.846. The summed E-state index contributed by atoms with van der Waals surface area (Å²) in [5.74, 6) is -1.42. The molecule has 2 atom stereocenters. The fourth-order valence-electron chi connectivity index (χ4n) is 1.45. The smallest absolute Gasteiger partial charge is 0.315 e. The molecule has 0 aromatic rings. The lowest BCUT2D eigenvalue weighted by Crippen LogP contribution is -2.54. The van der Waals surface area contributed by atoms with E-state index in [4.69, 9.17) is 4.74 Å². The van der Waals surface area contributed by atoms with Crippen molar-refractivity contribution in [3.05, 3.63) is 0 Å². The fourth-order valence-corrected chi connectivity index (χ4v) is 1.45. The summed E-state index contributed by atoms with van der Waals surface area (Å²) < 4.78 is 5.32. The second kappa shape index (κ2) is 9.61. The molecule has 0 saturated carbocycles.